The van der Waals surface area contributed by atoms with Gasteiger partial charge in [-0.2, -0.15) is 0 Å². The lowest BCUT2D eigenvalue weighted by molar-refractivity contribution is 0.0933. The molecule has 1 aromatic rings. The number of hydrogen-bond donors (Lipinski definition) is 2. The zero-order valence-corrected chi connectivity index (χ0v) is 10.1. The normalized spacial score (nSPS) is 20.7. The Morgan fingerprint density at radius 2 is 2.56 bits per heavy atom. The number of aromatic nitrogens is 2. The Hall–Kier alpha value is -1.01. The fourth-order valence-corrected chi connectivity index (χ4v) is 2.49. The van der Waals surface area contributed by atoms with Gasteiger partial charge in [-0.25, -0.2) is 0 Å². The maximum atomic E-state index is 11.9. The Morgan fingerprint density at radius 3 is 3.25 bits per heavy atom. The van der Waals surface area contributed by atoms with E-state index >= 15 is 0 Å². The minimum absolute atomic E-state index is 0.0273. The number of hydrogen-bond acceptors (Lipinski definition) is 5. The first-order chi connectivity index (χ1) is 7.81. The highest BCUT2D eigenvalue weighted by Crippen LogP contribution is 2.12. The molecule has 1 aromatic heterocycles. The Labute approximate surface area is 98.8 Å². The van der Waals surface area contributed by atoms with Crippen molar-refractivity contribution in [1.82, 2.24) is 20.2 Å². The molecule has 6 heteroatoms. The zero-order chi connectivity index (χ0) is 11.4. The third-order valence-electron chi connectivity index (χ3n) is 2.73. The van der Waals surface area contributed by atoms with Crippen LogP contribution < -0.4 is 10.6 Å². The topological polar surface area (TPSA) is 66.9 Å². The smallest absolute Gasteiger partial charge is 0.265 e. The number of carbonyl (C=O) groups is 1. The highest BCUT2D eigenvalue weighted by Gasteiger charge is 2.20. The largest absolute Gasteiger partial charge is 0.347 e. The lowest BCUT2D eigenvalue weighted by Crippen LogP contribution is -2.45. The van der Waals surface area contributed by atoms with Gasteiger partial charge >= 0.3 is 0 Å². The van der Waals surface area contributed by atoms with Crippen LogP contribution in [0.25, 0.3) is 0 Å². The van der Waals surface area contributed by atoms with E-state index in [0.29, 0.717) is 4.88 Å². The molecule has 88 valence electrons. The molecule has 2 heterocycles. The zero-order valence-electron chi connectivity index (χ0n) is 9.32. The molecule has 0 radical (unpaired) electrons. The second-order valence-corrected chi connectivity index (χ2v) is 4.67. The second kappa shape index (κ2) is 5.36. The Kier molecular flexibility index (Phi) is 3.84. The van der Waals surface area contributed by atoms with E-state index in [1.54, 1.807) is 0 Å². The summed E-state index contributed by atoms with van der Waals surface area (Å²) in [7, 11) is 0. The van der Waals surface area contributed by atoms with Crippen molar-refractivity contribution in [2.24, 2.45) is 0 Å². The number of nitrogens with zero attached hydrogens (tertiary/aromatic N) is 2. The number of piperidine rings is 1. The lowest BCUT2D eigenvalue weighted by atomic mass is 10.1. The quantitative estimate of drug-likeness (QED) is 0.811. The van der Waals surface area contributed by atoms with Crippen molar-refractivity contribution >= 4 is 17.4 Å². The number of carbonyl (C=O) groups excluding carboxylic acids is 1. The van der Waals surface area contributed by atoms with E-state index < -0.39 is 0 Å². The molecule has 1 aliphatic heterocycles. The number of aryl methyl sites for hydroxylation is 1. The van der Waals surface area contributed by atoms with Gasteiger partial charge in [0, 0.05) is 12.6 Å². The molecule has 1 atom stereocenters. The SMILES string of the molecule is CCc1nnsc1C(=O)NC1CCCNC1. The highest BCUT2D eigenvalue weighted by molar-refractivity contribution is 7.08. The van der Waals surface area contributed by atoms with Crippen LogP contribution in [-0.2, 0) is 6.42 Å². The van der Waals surface area contributed by atoms with Crippen molar-refractivity contribution in [2.45, 2.75) is 32.2 Å². The van der Waals surface area contributed by atoms with Gasteiger partial charge in [0.2, 0.25) is 0 Å². The molecule has 0 bridgehead atoms. The standard InChI is InChI=1S/C10H16N4OS/c1-2-8-9(16-14-13-8)10(15)12-7-4-3-5-11-6-7/h7,11H,2-6H2,1H3,(H,12,15). The van der Waals surface area contributed by atoms with Crippen molar-refractivity contribution in [3.63, 3.8) is 0 Å². The van der Waals surface area contributed by atoms with Crippen LogP contribution >= 0.6 is 11.5 Å². The monoisotopic (exact) mass is 240 g/mol. The first-order valence-electron chi connectivity index (χ1n) is 5.64. The van der Waals surface area contributed by atoms with Crippen LogP contribution in [0.2, 0.25) is 0 Å². The summed E-state index contributed by atoms with van der Waals surface area (Å²) >= 11 is 1.18. The van der Waals surface area contributed by atoms with Gasteiger partial charge < -0.3 is 10.6 Å². The fraction of sp³-hybridized carbons (Fsp3) is 0.700. The van der Waals surface area contributed by atoms with Gasteiger partial charge in [-0.1, -0.05) is 11.4 Å². The van der Waals surface area contributed by atoms with Gasteiger partial charge in [0.15, 0.2) is 0 Å². The van der Waals surface area contributed by atoms with E-state index in [-0.39, 0.29) is 11.9 Å². The van der Waals surface area contributed by atoms with Gasteiger partial charge in [-0.05, 0) is 37.3 Å². The van der Waals surface area contributed by atoms with Crippen LogP contribution in [0.1, 0.15) is 35.1 Å². The summed E-state index contributed by atoms with van der Waals surface area (Å²) in [5, 5.41) is 10.2. The Balaban J connectivity index is 1.96. The predicted molar refractivity (Wildman–Crippen MR) is 62.6 cm³/mol. The Bertz CT molecular complexity index is 359. The molecule has 2 N–H and O–H groups in total. The van der Waals surface area contributed by atoms with Gasteiger partial charge in [0.05, 0.1) is 5.69 Å². The average Bonchev–Trinajstić information content (AvgIpc) is 2.78. The molecule has 0 spiro atoms. The summed E-state index contributed by atoms with van der Waals surface area (Å²) in [6.45, 7) is 3.89. The van der Waals surface area contributed by atoms with Gasteiger partial charge in [-0.15, -0.1) is 5.10 Å². The van der Waals surface area contributed by atoms with E-state index in [1.165, 1.54) is 11.5 Å². The summed E-state index contributed by atoms with van der Waals surface area (Å²) in [6.07, 6.45) is 2.92. The van der Waals surface area contributed by atoms with Crippen molar-refractivity contribution in [3.05, 3.63) is 10.6 Å². The van der Waals surface area contributed by atoms with Gasteiger partial charge in [-0.3, -0.25) is 4.79 Å². The minimum atomic E-state index is -0.0273. The first kappa shape index (κ1) is 11.5. The van der Waals surface area contributed by atoms with Crippen molar-refractivity contribution in [3.8, 4) is 0 Å². The summed E-state index contributed by atoms with van der Waals surface area (Å²) in [6, 6.07) is 0.244. The van der Waals surface area contributed by atoms with Gasteiger partial charge in [0.1, 0.15) is 4.88 Å². The van der Waals surface area contributed by atoms with Crippen LogP contribution in [0, 0.1) is 0 Å². The summed E-state index contributed by atoms with van der Waals surface area (Å²) < 4.78 is 3.82. The maximum Gasteiger partial charge on any atom is 0.265 e. The van der Waals surface area contributed by atoms with E-state index in [2.05, 4.69) is 20.2 Å². The van der Waals surface area contributed by atoms with E-state index in [9.17, 15) is 4.79 Å². The second-order valence-electron chi connectivity index (χ2n) is 3.92. The molecular formula is C10H16N4OS. The number of rotatable bonds is 3. The molecule has 1 fully saturated rings. The van der Waals surface area contributed by atoms with E-state index in [1.807, 2.05) is 6.92 Å². The minimum Gasteiger partial charge on any atom is -0.347 e. The molecular weight excluding hydrogens is 224 g/mol. The summed E-state index contributed by atoms with van der Waals surface area (Å²) in [4.78, 5) is 12.6. The molecule has 5 nitrogen and oxygen atoms in total. The third-order valence-corrected chi connectivity index (χ3v) is 3.50. The van der Waals surface area contributed by atoms with Crippen LogP contribution in [-0.4, -0.2) is 34.6 Å². The fourth-order valence-electron chi connectivity index (χ4n) is 1.84. The summed E-state index contributed by atoms with van der Waals surface area (Å²) in [5.74, 6) is -0.0273. The van der Waals surface area contributed by atoms with E-state index in [4.69, 9.17) is 0 Å². The average molecular weight is 240 g/mol. The first-order valence-corrected chi connectivity index (χ1v) is 6.41. The molecule has 1 saturated heterocycles. The third kappa shape index (κ3) is 2.56. The molecule has 1 unspecified atom stereocenters. The number of amides is 1. The van der Waals surface area contributed by atoms with Crippen molar-refractivity contribution < 1.29 is 4.79 Å². The molecule has 0 aromatic carbocycles. The van der Waals surface area contributed by atoms with Crippen molar-refractivity contribution in [1.29, 1.82) is 0 Å². The molecule has 0 aliphatic carbocycles. The molecule has 1 amide bonds. The number of nitrogens with one attached hydrogen (secondary N) is 2. The predicted octanol–water partition coefficient (Wildman–Crippen LogP) is 0.582. The van der Waals surface area contributed by atoms with Gasteiger partial charge in [0.25, 0.3) is 5.91 Å². The highest BCUT2D eigenvalue weighted by atomic mass is 32.1. The van der Waals surface area contributed by atoms with Crippen LogP contribution in [0.15, 0.2) is 0 Å². The van der Waals surface area contributed by atoms with Crippen LogP contribution in [0.4, 0.5) is 0 Å². The lowest BCUT2D eigenvalue weighted by Gasteiger charge is -2.23. The molecule has 2 rings (SSSR count). The van der Waals surface area contributed by atoms with Crippen LogP contribution in [0.3, 0.4) is 0 Å². The Morgan fingerprint density at radius 1 is 1.69 bits per heavy atom. The molecule has 16 heavy (non-hydrogen) atoms. The summed E-state index contributed by atoms with van der Waals surface area (Å²) in [5.41, 5.74) is 0.797. The maximum absolute atomic E-state index is 11.9. The molecule has 0 saturated carbocycles. The van der Waals surface area contributed by atoms with Crippen LogP contribution in [0.5, 0.6) is 0 Å². The molecule has 1 aliphatic rings. The van der Waals surface area contributed by atoms with E-state index in [0.717, 1.165) is 38.0 Å². The van der Waals surface area contributed by atoms with Crippen molar-refractivity contribution in [2.75, 3.05) is 13.1 Å².